The number of aromatic nitrogens is 2. The highest BCUT2D eigenvalue weighted by molar-refractivity contribution is 9.10. The Morgan fingerprint density at radius 1 is 1.56 bits per heavy atom. The summed E-state index contributed by atoms with van der Waals surface area (Å²) in [5.74, 6) is 0. The predicted molar refractivity (Wildman–Crippen MR) is 69.0 cm³/mol. The quantitative estimate of drug-likeness (QED) is 0.873. The first kappa shape index (κ1) is 11.5. The van der Waals surface area contributed by atoms with Crippen LogP contribution in [0.25, 0.3) is 0 Å². The molecule has 2 aromatic rings. The Kier molecular flexibility index (Phi) is 3.56. The molecule has 84 valence electrons. The van der Waals surface area contributed by atoms with Crippen molar-refractivity contribution in [2.24, 2.45) is 0 Å². The third-order valence-corrected chi connectivity index (χ3v) is 4.02. The molecular weight excluding hydrogens is 288 g/mol. The average molecular weight is 299 g/mol. The second kappa shape index (κ2) is 4.93. The summed E-state index contributed by atoms with van der Waals surface area (Å²) in [7, 11) is 0. The van der Waals surface area contributed by atoms with E-state index >= 15 is 0 Å². The van der Waals surface area contributed by atoms with Crippen molar-refractivity contribution in [1.29, 1.82) is 0 Å². The zero-order valence-electron chi connectivity index (χ0n) is 8.81. The van der Waals surface area contributed by atoms with Crippen LogP contribution >= 0.6 is 27.3 Å². The van der Waals surface area contributed by atoms with Gasteiger partial charge in [0.05, 0.1) is 12.0 Å². The van der Waals surface area contributed by atoms with Crippen LogP contribution in [-0.2, 0) is 13.0 Å². The van der Waals surface area contributed by atoms with E-state index in [4.69, 9.17) is 0 Å². The molecule has 0 aliphatic rings. The van der Waals surface area contributed by atoms with Crippen molar-refractivity contribution in [3.63, 3.8) is 0 Å². The molecule has 0 saturated carbocycles. The van der Waals surface area contributed by atoms with E-state index in [1.807, 2.05) is 12.3 Å². The number of thiophene rings is 1. The summed E-state index contributed by atoms with van der Waals surface area (Å²) in [5.41, 5.74) is 1.98. The van der Waals surface area contributed by atoms with Crippen molar-refractivity contribution in [2.75, 3.05) is 0 Å². The van der Waals surface area contributed by atoms with Crippen molar-refractivity contribution >= 4 is 27.3 Å². The fraction of sp³-hybridized carbons (Fsp3) is 0.273. The summed E-state index contributed by atoms with van der Waals surface area (Å²) in [6, 6.07) is 2.08. The zero-order chi connectivity index (χ0) is 11.5. The molecule has 0 radical (unpaired) electrons. The number of hydrogen-bond acceptors (Lipinski definition) is 3. The zero-order valence-corrected chi connectivity index (χ0v) is 11.2. The molecular formula is C11H11BrN2OS. The number of aryl methyl sites for hydroxylation is 3. The van der Waals surface area contributed by atoms with Gasteiger partial charge in [0, 0.05) is 6.54 Å². The van der Waals surface area contributed by atoms with Gasteiger partial charge in [0.25, 0.3) is 5.56 Å². The van der Waals surface area contributed by atoms with Gasteiger partial charge in [0.2, 0.25) is 0 Å². The van der Waals surface area contributed by atoms with Crippen molar-refractivity contribution < 1.29 is 0 Å². The van der Waals surface area contributed by atoms with Gasteiger partial charge < -0.3 is 0 Å². The highest BCUT2D eigenvalue weighted by Gasteiger charge is 2.05. The van der Waals surface area contributed by atoms with E-state index in [9.17, 15) is 4.79 Å². The molecule has 0 bridgehead atoms. The first-order valence-electron chi connectivity index (χ1n) is 4.91. The number of rotatable bonds is 3. The standard InChI is InChI=1S/C11H11BrN2OS/c1-8-10(12)11(15)14(7-13-8)4-2-9-3-5-16-6-9/h3,5-7H,2,4H2,1H3. The van der Waals surface area contributed by atoms with Gasteiger partial charge in [-0.2, -0.15) is 11.3 Å². The summed E-state index contributed by atoms with van der Waals surface area (Å²) in [5, 5.41) is 4.14. The van der Waals surface area contributed by atoms with Crippen LogP contribution in [0.3, 0.4) is 0 Å². The molecule has 16 heavy (non-hydrogen) atoms. The lowest BCUT2D eigenvalue weighted by Crippen LogP contribution is -2.22. The van der Waals surface area contributed by atoms with Crippen molar-refractivity contribution in [2.45, 2.75) is 19.9 Å². The number of halogens is 1. The highest BCUT2D eigenvalue weighted by Crippen LogP contribution is 2.09. The van der Waals surface area contributed by atoms with E-state index < -0.39 is 0 Å². The maximum atomic E-state index is 11.8. The maximum Gasteiger partial charge on any atom is 0.267 e. The largest absolute Gasteiger partial charge is 0.298 e. The number of nitrogens with zero attached hydrogens (tertiary/aromatic N) is 2. The van der Waals surface area contributed by atoms with Crippen molar-refractivity contribution in [3.8, 4) is 0 Å². The van der Waals surface area contributed by atoms with Crippen molar-refractivity contribution in [3.05, 3.63) is 49.2 Å². The minimum absolute atomic E-state index is 0.0114. The van der Waals surface area contributed by atoms with Crippen LogP contribution in [0.5, 0.6) is 0 Å². The Labute approximate surface area is 106 Å². The summed E-state index contributed by atoms with van der Waals surface area (Å²) in [6.45, 7) is 2.48. The van der Waals surface area contributed by atoms with Crippen LogP contribution in [0, 0.1) is 6.92 Å². The highest BCUT2D eigenvalue weighted by atomic mass is 79.9. The van der Waals surface area contributed by atoms with Crippen LogP contribution in [-0.4, -0.2) is 9.55 Å². The van der Waals surface area contributed by atoms with Gasteiger partial charge in [0.1, 0.15) is 4.47 Å². The second-order valence-electron chi connectivity index (χ2n) is 3.52. The molecule has 0 fully saturated rings. The van der Waals surface area contributed by atoms with Gasteiger partial charge in [-0.05, 0) is 51.7 Å². The lowest BCUT2D eigenvalue weighted by Gasteiger charge is -2.05. The van der Waals surface area contributed by atoms with Gasteiger partial charge in [-0.1, -0.05) is 0 Å². The van der Waals surface area contributed by atoms with Crippen LogP contribution < -0.4 is 5.56 Å². The smallest absolute Gasteiger partial charge is 0.267 e. The van der Waals surface area contributed by atoms with Gasteiger partial charge in [-0.3, -0.25) is 9.36 Å². The summed E-state index contributed by atoms with van der Waals surface area (Å²) in [6.07, 6.45) is 2.47. The molecule has 0 N–H and O–H groups in total. The fourth-order valence-electron chi connectivity index (χ4n) is 1.39. The minimum atomic E-state index is -0.0114. The molecule has 5 heteroatoms. The van der Waals surface area contributed by atoms with E-state index in [1.165, 1.54) is 5.56 Å². The van der Waals surface area contributed by atoms with Crippen molar-refractivity contribution in [1.82, 2.24) is 9.55 Å². The van der Waals surface area contributed by atoms with Gasteiger partial charge >= 0.3 is 0 Å². The SMILES string of the molecule is Cc1ncn(CCc2ccsc2)c(=O)c1Br. The summed E-state index contributed by atoms with van der Waals surface area (Å²) >= 11 is 4.93. The Morgan fingerprint density at radius 3 is 3.06 bits per heavy atom. The Hall–Kier alpha value is -0.940. The third kappa shape index (κ3) is 2.41. The van der Waals surface area contributed by atoms with E-state index in [2.05, 4.69) is 32.4 Å². The van der Waals surface area contributed by atoms with Crippen LogP contribution in [0.4, 0.5) is 0 Å². The Morgan fingerprint density at radius 2 is 2.38 bits per heavy atom. The molecule has 0 unspecified atom stereocenters. The Bertz CT molecular complexity index is 533. The first-order chi connectivity index (χ1) is 7.68. The van der Waals surface area contributed by atoms with E-state index in [0.29, 0.717) is 11.0 Å². The summed E-state index contributed by atoms with van der Waals surface area (Å²) in [4.78, 5) is 16.0. The van der Waals surface area contributed by atoms with E-state index in [-0.39, 0.29) is 5.56 Å². The van der Waals surface area contributed by atoms with E-state index in [1.54, 1.807) is 22.2 Å². The lowest BCUT2D eigenvalue weighted by atomic mass is 10.2. The lowest BCUT2D eigenvalue weighted by molar-refractivity contribution is 0.648. The van der Waals surface area contributed by atoms with Gasteiger partial charge in [-0.15, -0.1) is 0 Å². The predicted octanol–water partition coefficient (Wildman–Crippen LogP) is 2.62. The molecule has 2 heterocycles. The molecule has 0 atom stereocenters. The number of hydrogen-bond donors (Lipinski definition) is 0. The van der Waals surface area contributed by atoms with Gasteiger partial charge in [0.15, 0.2) is 0 Å². The van der Waals surface area contributed by atoms with Gasteiger partial charge in [-0.25, -0.2) is 4.98 Å². The first-order valence-corrected chi connectivity index (χ1v) is 6.64. The van der Waals surface area contributed by atoms with Crippen LogP contribution in [0.2, 0.25) is 0 Å². The van der Waals surface area contributed by atoms with Crippen LogP contribution in [0.15, 0.2) is 32.4 Å². The molecule has 0 amide bonds. The fourth-order valence-corrected chi connectivity index (χ4v) is 2.42. The minimum Gasteiger partial charge on any atom is -0.298 e. The normalized spacial score (nSPS) is 10.6. The summed E-state index contributed by atoms with van der Waals surface area (Å²) < 4.78 is 2.19. The molecule has 0 spiro atoms. The molecule has 2 rings (SSSR count). The average Bonchev–Trinajstić information content (AvgIpc) is 2.78. The maximum absolute atomic E-state index is 11.8. The Balaban J connectivity index is 2.17. The monoisotopic (exact) mass is 298 g/mol. The van der Waals surface area contributed by atoms with Crippen LogP contribution in [0.1, 0.15) is 11.3 Å². The topological polar surface area (TPSA) is 34.9 Å². The molecule has 0 aliphatic heterocycles. The third-order valence-electron chi connectivity index (χ3n) is 2.38. The van der Waals surface area contributed by atoms with E-state index in [0.717, 1.165) is 12.1 Å². The molecule has 0 aliphatic carbocycles. The molecule has 2 aromatic heterocycles. The molecule has 0 aromatic carbocycles. The molecule has 0 saturated heterocycles. The second-order valence-corrected chi connectivity index (χ2v) is 5.10. The molecule has 3 nitrogen and oxygen atoms in total.